The molecule has 0 radical (unpaired) electrons. The summed E-state index contributed by atoms with van der Waals surface area (Å²) in [5.74, 6) is 0. The molecule has 108 valence electrons. The Kier molecular flexibility index (Phi) is 6.28. The van der Waals surface area contributed by atoms with Gasteiger partial charge in [0.15, 0.2) is 0 Å². The Bertz CT molecular complexity index is 309. The van der Waals surface area contributed by atoms with Gasteiger partial charge >= 0.3 is 113 Å². The van der Waals surface area contributed by atoms with Gasteiger partial charge in [0.25, 0.3) is 0 Å². The zero-order valence-electron chi connectivity index (χ0n) is 10.5. The Morgan fingerprint density at radius 2 is 1.94 bits per heavy atom. The van der Waals surface area contributed by atoms with Gasteiger partial charge in [0.2, 0.25) is 0 Å². The van der Waals surface area contributed by atoms with E-state index in [2.05, 4.69) is 0 Å². The average Bonchev–Trinajstić information content (AvgIpc) is 2.52. The molecule has 6 nitrogen and oxygen atoms in total. The van der Waals surface area contributed by atoms with Gasteiger partial charge in [-0.05, 0) is 0 Å². The summed E-state index contributed by atoms with van der Waals surface area (Å²) in [7, 11) is 5.36. The van der Waals surface area contributed by atoms with Crippen molar-refractivity contribution in [3.05, 3.63) is 0 Å². The first-order valence-corrected chi connectivity index (χ1v) is 13.4. The van der Waals surface area contributed by atoms with E-state index >= 15 is 0 Å². The Hall–Kier alpha value is 0.538. The minimum absolute atomic E-state index is 0.158. The van der Waals surface area contributed by atoms with Gasteiger partial charge < -0.3 is 0 Å². The van der Waals surface area contributed by atoms with Gasteiger partial charge in [-0.25, -0.2) is 0 Å². The normalized spacial score (nSPS) is 34.8. The first-order valence-electron chi connectivity index (χ1n) is 5.70. The Morgan fingerprint density at radius 3 is 2.44 bits per heavy atom. The molecule has 1 saturated heterocycles. The van der Waals surface area contributed by atoms with Crippen LogP contribution in [-0.4, -0.2) is 76.2 Å². The van der Waals surface area contributed by atoms with E-state index in [1.165, 1.54) is 0 Å². The number of hydrogen-bond acceptors (Lipinski definition) is 7. The van der Waals surface area contributed by atoms with Crippen molar-refractivity contribution >= 4 is 22.3 Å². The van der Waals surface area contributed by atoms with E-state index in [0.29, 0.717) is 5.21 Å². The number of aliphatic hydroxyl groups is 4. The average molecular weight is 344 g/mol. The molecule has 1 heterocycles. The second-order valence-corrected chi connectivity index (χ2v) is 17.5. The van der Waals surface area contributed by atoms with Crippen molar-refractivity contribution in [2.24, 2.45) is 0 Å². The fourth-order valence-corrected chi connectivity index (χ4v) is 4.91. The molecule has 0 aliphatic carbocycles. The maximum absolute atomic E-state index is 9.83. The van der Waals surface area contributed by atoms with Crippen molar-refractivity contribution in [2.45, 2.75) is 47.3 Å². The molecule has 0 spiro atoms. The predicted molar refractivity (Wildman–Crippen MR) is 69.6 cm³/mol. The van der Waals surface area contributed by atoms with Crippen LogP contribution in [0.15, 0.2) is 0 Å². The van der Waals surface area contributed by atoms with Crippen molar-refractivity contribution in [1.29, 1.82) is 0 Å². The number of rotatable bonds is 6. The maximum atomic E-state index is 9.83. The van der Waals surface area contributed by atoms with E-state index in [-0.39, 0.29) is 6.61 Å². The molecular formula is C10H21AsO6S. The Balaban J connectivity index is 2.51. The third-order valence-corrected chi connectivity index (χ3v) is 5.98. The van der Waals surface area contributed by atoms with Crippen LogP contribution in [0.2, 0.25) is 16.6 Å². The van der Waals surface area contributed by atoms with Crippen molar-refractivity contribution in [1.82, 2.24) is 0 Å². The number of aliphatic hydroxyl groups excluding tert-OH is 4. The fraction of sp³-hybridized carbons (Fsp3) is 1.00. The van der Waals surface area contributed by atoms with Crippen molar-refractivity contribution < 1.29 is 29.9 Å². The Morgan fingerprint density at radius 1 is 1.33 bits per heavy atom. The molecule has 4 N–H and O–H groups in total. The molecule has 0 aromatic heterocycles. The van der Waals surface area contributed by atoms with Gasteiger partial charge in [0, 0.05) is 0 Å². The second kappa shape index (κ2) is 6.81. The summed E-state index contributed by atoms with van der Waals surface area (Å²) in [5.41, 5.74) is 4.00. The van der Waals surface area contributed by atoms with Crippen LogP contribution in [0.5, 0.6) is 0 Å². The molecule has 18 heavy (non-hydrogen) atoms. The first-order chi connectivity index (χ1) is 8.24. The third kappa shape index (κ3) is 4.90. The monoisotopic (exact) mass is 344 g/mol. The molecular weight excluding hydrogens is 323 g/mol. The van der Waals surface area contributed by atoms with Gasteiger partial charge in [0.05, 0.1) is 0 Å². The molecule has 5 atom stereocenters. The van der Waals surface area contributed by atoms with E-state index < -0.39 is 49.2 Å². The topological polar surface area (TPSA) is 99.4 Å². The summed E-state index contributed by atoms with van der Waals surface area (Å²) in [6, 6.07) is 0. The first kappa shape index (κ1) is 16.6. The van der Waals surface area contributed by atoms with Crippen LogP contribution in [0.3, 0.4) is 0 Å². The van der Waals surface area contributed by atoms with Crippen LogP contribution in [0.4, 0.5) is 0 Å². The van der Waals surface area contributed by atoms with E-state index in [9.17, 15) is 10.2 Å². The van der Waals surface area contributed by atoms with Gasteiger partial charge in [0.1, 0.15) is 0 Å². The van der Waals surface area contributed by atoms with Gasteiger partial charge in [-0.2, -0.15) is 0 Å². The van der Waals surface area contributed by atoms with Crippen molar-refractivity contribution in [3.8, 4) is 0 Å². The minimum atomic E-state index is -2.16. The quantitative estimate of drug-likeness (QED) is 0.469. The molecule has 0 saturated carbocycles. The van der Waals surface area contributed by atoms with Crippen LogP contribution in [-0.2, 0) is 9.47 Å². The molecule has 1 rings (SSSR count). The summed E-state index contributed by atoms with van der Waals surface area (Å²) in [6.45, 7) is -0.586. The van der Waals surface area contributed by atoms with Gasteiger partial charge in [-0.15, -0.1) is 0 Å². The fourth-order valence-electron chi connectivity index (χ4n) is 1.70. The van der Waals surface area contributed by atoms with Crippen LogP contribution in [0, 0.1) is 0 Å². The zero-order valence-corrected chi connectivity index (χ0v) is 13.2. The summed E-state index contributed by atoms with van der Waals surface area (Å²) < 4.78 is 10.5. The summed E-state index contributed by atoms with van der Waals surface area (Å²) in [4.78, 5) is 0. The van der Waals surface area contributed by atoms with Gasteiger partial charge in [-0.3, -0.25) is 0 Å². The van der Waals surface area contributed by atoms with Crippen LogP contribution < -0.4 is 0 Å². The SMILES string of the molecule is C[As](C)(=S)C[C@H]1O[C@@H](OCC(O)CO)[C@H](O)[C@@H]1O. The van der Waals surface area contributed by atoms with E-state index in [1.807, 2.05) is 11.4 Å². The molecule has 0 amide bonds. The summed E-state index contributed by atoms with van der Waals surface area (Å²) in [5, 5.41) is 37.9. The van der Waals surface area contributed by atoms with E-state index in [4.69, 9.17) is 30.1 Å². The van der Waals surface area contributed by atoms with Crippen LogP contribution in [0.1, 0.15) is 0 Å². The number of hydrogen-bond donors (Lipinski definition) is 4. The molecule has 1 aliphatic heterocycles. The third-order valence-electron chi connectivity index (χ3n) is 2.60. The zero-order chi connectivity index (χ0) is 13.9. The molecule has 0 bridgehead atoms. The summed E-state index contributed by atoms with van der Waals surface area (Å²) >= 11 is -2.16. The molecule has 8 heteroatoms. The van der Waals surface area contributed by atoms with Crippen molar-refractivity contribution in [3.63, 3.8) is 0 Å². The number of ether oxygens (including phenoxy) is 2. The van der Waals surface area contributed by atoms with E-state index in [0.717, 1.165) is 0 Å². The molecule has 0 aromatic carbocycles. The van der Waals surface area contributed by atoms with Crippen LogP contribution in [0.25, 0.3) is 0 Å². The molecule has 1 aliphatic rings. The molecule has 1 unspecified atom stereocenters. The standard InChI is InChI=1S/C10H21AsO6S/c1-11(2,18)3-7-8(14)9(15)10(17-7)16-5-6(13)4-12/h6-10,12-15H,3-5H2,1-2H3/t6?,7-,8-,9-,10-/m1/s1. The van der Waals surface area contributed by atoms with Gasteiger partial charge in [-0.1, -0.05) is 0 Å². The van der Waals surface area contributed by atoms with Crippen LogP contribution >= 0.6 is 10.4 Å². The summed E-state index contributed by atoms with van der Waals surface area (Å²) in [6.07, 6.45) is -4.70. The van der Waals surface area contributed by atoms with E-state index in [1.54, 1.807) is 0 Å². The van der Waals surface area contributed by atoms with Crippen molar-refractivity contribution in [2.75, 3.05) is 13.2 Å². The Labute approximate surface area is 113 Å². The second-order valence-electron chi connectivity index (χ2n) is 4.95. The molecule has 1 fully saturated rings. The molecule has 0 aromatic rings. The predicted octanol–water partition coefficient (Wildman–Crippen LogP) is -0.795.